The summed E-state index contributed by atoms with van der Waals surface area (Å²) in [5.74, 6) is -0.150. The first-order valence-electron chi connectivity index (χ1n) is 14.4. The van der Waals surface area contributed by atoms with Gasteiger partial charge < -0.3 is 29.9 Å². The van der Waals surface area contributed by atoms with Crippen molar-refractivity contribution in [2.75, 3.05) is 57.0 Å². The molecule has 44 heavy (non-hydrogen) atoms. The van der Waals surface area contributed by atoms with Gasteiger partial charge in [-0.15, -0.1) is 0 Å². The summed E-state index contributed by atoms with van der Waals surface area (Å²) in [5.41, 5.74) is -0.0298. The lowest BCUT2D eigenvalue weighted by molar-refractivity contribution is -0.128. The van der Waals surface area contributed by atoms with E-state index in [9.17, 15) is 14.7 Å². The minimum Gasteiger partial charge on any atom is -0.508 e. The molecular formula is C32H36ClFN6O4. The van der Waals surface area contributed by atoms with Crippen LogP contribution in [0.25, 0.3) is 32.8 Å². The van der Waals surface area contributed by atoms with Crippen molar-refractivity contribution in [3.63, 3.8) is 0 Å². The van der Waals surface area contributed by atoms with E-state index in [-0.39, 0.29) is 46.7 Å². The molecule has 4 aromatic rings. The molecule has 2 amide bonds. The fraction of sp³-hybridized carbons (Fsp3) is 0.375. The van der Waals surface area contributed by atoms with Gasteiger partial charge in [0.1, 0.15) is 22.7 Å². The summed E-state index contributed by atoms with van der Waals surface area (Å²) in [6.07, 6.45) is -0.197. The number of carbonyl (C=O) groups excluding carboxylic acids is 2. The summed E-state index contributed by atoms with van der Waals surface area (Å²) in [6.45, 7) is 7.30. The maximum absolute atomic E-state index is 16.7. The monoisotopic (exact) mass is 622 g/mol. The number of amides is 2. The number of nitrogens with zero attached hydrogens (tertiary/aromatic N) is 5. The van der Waals surface area contributed by atoms with Gasteiger partial charge in [0.2, 0.25) is 11.9 Å². The molecule has 232 valence electrons. The van der Waals surface area contributed by atoms with Crippen LogP contribution in [0.5, 0.6) is 5.75 Å². The average Bonchev–Trinajstić information content (AvgIpc) is 2.96. The highest BCUT2D eigenvalue weighted by molar-refractivity contribution is 6.35. The van der Waals surface area contributed by atoms with Gasteiger partial charge in [-0.3, -0.25) is 4.79 Å². The number of benzene rings is 3. The molecule has 5 rings (SSSR count). The van der Waals surface area contributed by atoms with Gasteiger partial charge in [0.05, 0.1) is 5.02 Å². The molecule has 0 atom stereocenters. The van der Waals surface area contributed by atoms with E-state index in [1.165, 1.54) is 11.0 Å². The Bertz CT molecular complexity index is 1730. The molecule has 3 aromatic carbocycles. The van der Waals surface area contributed by atoms with Gasteiger partial charge in [0, 0.05) is 64.2 Å². The van der Waals surface area contributed by atoms with Crippen molar-refractivity contribution in [2.24, 2.45) is 0 Å². The standard InChI is InChI=1S/C32H36ClFN6O4/c1-32(2,3)44-31(43)40-14-12-39(13-15-40)29-23-18-24(33)26(22-17-20(41)16-19-8-6-7-9-21(19)22)27(34)28(23)36-30(37-29)35-11-10-25(42)38(4)5/h6-9,16-18,41H,10-15H2,1-5H3,(H,35,36,37). The van der Waals surface area contributed by atoms with Gasteiger partial charge in [-0.25, -0.2) is 14.2 Å². The summed E-state index contributed by atoms with van der Waals surface area (Å²) >= 11 is 6.80. The molecule has 1 aliphatic rings. The second kappa shape index (κ2) is 12.3. The van der Waals surface area contributed by atoms with E-state index in [1.807, 2.05) is 49.9 Å². The Morgan fingerprint density at radius 1 is 1.07 bits per heavy atom. The van der Waals surface area contributed by atoms with E-state index in [2.05, 4.69) is 10.3 Å². The Labute approximate surface area is 260 Å². The SMILES string of the molecule is CN(C)C(=O)CCNc1nc(N2CCN(C(=O)OC(C)(C)C)CC2)c2cc(Cl)c(-c3cc(O)cc4ccccc34)c(F)c2n1. The zero-order valence-electron chi connectivity index (χ0n) is 25.4. The minimum absolute atomic E-state index is 0.0200. The van der Waals surface area contributed by atoms with Crippen LogP contribution >= 0.6 is 11.6 Å². The molecule has 2 heterocycles. The first-order chi connectivity index (χ1) is 20.8. The summed E-state index contributed by atoms with van der Waals surface area (Å²) in [7, 11) is 3.35. The number of phenolic OH excluding ortho intramolecular Hbond substituents is 1. The van der Waals surface area contributed by atoms with Gasteiger partial charge in [-0.2, -0.15) is 4.98 Å². The maximum Gasteiger partial charge on any atom is 0.410 e. The summed E-state index contributed by atoms with van der Waals surface area (Å²) in [6, 6.07) is 12.1. The predicted octanol–water partition coefficient (Wildman–Crippen LogP) is 5.90. The lowest BCUT2D eigenvalue weighted by atomic mass is 9.96. The van der Waals surface area contributed by atoms with Crippen molar-refractivity contribution in [2.45, 2.75) is 32.8 Å². The fourth-order valence-electron chi connectivity index (χ4n) is 5.18. The first kappa shape index (κ1) is 31.1. The van der Waals surface area contributed by atoms with Crippen molar-refractivity contribution >= 4 is 57.0 Å². The number of phenols is 1. The highest BCUT2D eigenvalue weighted by Gasteiger charge is 2.29. The van der Waals surface area contributed by atoms with E-state index in [0.717, 1.165) is 10.8 Å². The number of rotatable bonds is 6. The Morgan fingerprint density at radius 3 is 2.45 bits per heavy atom. The third kappa shape index (κ3) is 6.57. The second-order valence-electron chi connectivity index (χ2n) is 11.9. The molecule has 1 aromatic heterocycles. The Hall–Kier alpha value is -4.38. The topological polar surface area (TPSA) is 111 Å². The van der Waals surface area contributed by atoms with Crippen LogP contribution < -0.4 is 10.2 Å². The normalized spacial score (nSPS) is 13.8. The van der Waals surface area contributed by atoms with Crippen molar-refractivity contribution in [3.05, 3.63) is 53.3 Å². The van der Waals surface area contributed by atoms with E-state index >= 15 is 4.39 Å². The van der Waals surface area contributed by atoms with Gasteiger partial charge >= 0.3 is 6.09 Å². The number of aromatic nitrogens is 2. The summed E-state index contributed by atoms with van der Waals surface area (Å²) in [5, 5.41) is 15.5. The first-order valence-corrected chi connectivity index (χ1v) is 14.8. The van der Waals surface area contributed by atoms with Crippen LogP contribution in [-0.2, 0) is 9.53 Å². The Kier molecular flexibility index (Phi) is 8.69. The number of ether oxygens (including phenoxy) is 1. The molecule has 12 heteroatoms. The van der Waals surface area contributed by atoms with Gasteiger partial charge in [0.15, 0.2) is 5.82 Å². The molecule has 0 unspecified atom stereocenters. The molecule has 0 bridgehead atoms. The Balaban J connectivity index is 1.57. The quantitative estimate of drug-likeness (QED) is 0.274. The largest absolute Gasteiger partial charge is 0.508 e. The van der Waals surface area contributed by atoms with Crippen LogP contribution in [0.2, 0.25) is 5.02 Å². The fourth-order valence-corrected chi connectivity index (χ4v) is 5.47. The zero-order chi connectivity index (χ0) is 31.8. The van der Waals surface area contributed by atoms with Crippen LogP contribution in [0, 0.1) is 5.82 Å². The smallest absolute Gasteiger partial charge is 0.410 e. The van der Waals surface area contributed by atoms with Crippen LogP contribution in [0.15, 0.2) is 42.5 Å². The van der Waals surface area contributed by atoms with Gasteiger partial charge in [-0.05, 0) is 55.3 Å². The number of piperazine rings is 1. The van der Waals surface area contributed by atoms with Gasteiger partial charge in [-0.1, -0.05) is 35.9 Å². The van der Waals surface area contributed by atoms with Crippen LogP contribution in [-0.4, -0.2) is 89.3 Å². The Morgan fingerprint density at radius 2 is 1.77 bits per heavy atom. The van der Waals surface area contributed by atoms with Crippen molar-refractivity contribution < 1.29 is 23.8 Å². The number of carbonyl (C=O) groups is 2. The average molecular weight is 623 g/mol. The van der Waals surface area contributed by atoms with E-state index < -0.39 is 17.5 Å². The number of halogens is 2. The number of aromatic hydroxyl groups is 1. The molecule has 1 saturated heterocycles. The number of anilines is 2. The second-order valence-corrected chi connectivity index (χ2v) is 12.4. The van der Waals surface area contributed by atoms with Crippen molar-refractivity contribution in [1.82, 2.24) is 19.8 Å². The molecule has 0 saturated carbocycles. The molecule has 0 aliphatic carbocycles. The lowest BCUT2D eigenvalue weighted by Crippen LogP contribution is -2.50. The van der Waals surface area contributed by atoms with Crippen molar-refractivity contribution in [3.8, 4) is 16.9 Å². The summed E-state index contributed by atoms with van der Waals surface area (Å²) in [4.78, 5) is 39.2. The molecule has 0 radical (unpaired) electrons. The van der Waals surface area contributed by atoms with Crippen LogP contribution in [0.4, 0.5) is 21.0 Å². The number of hydrogen-bond acceptors (Lipinski definition) is 8. The third-order valence-electron chi connectivity index (χ3n) is 7.33. The van der Waals surface area contributed by atoms with E-state index in [1.54, 1.807) is 31.1 Å². The molecule has 0 spiro atoms. The molecule has 1 fully saturated rings. The highest BCUT2D eigenvalue weighted by Crippen LogP contribution is 2.42. The molecular weight excluding hydrogens is 587 g/mol. The lowest BCUT2D eigenvalue weighted by Gasteiger charge is -2.36. The number of nitrogens with one attached hydrogen (secondary N) is 1. The minimum atomic E-state index is -0.660. The van der Waals surface area contributed by atoms with E-state index in [0.29, 0.717) is 42.9 Å². The highest BCUT2D eigenvalue weighted by atomic mass is 35.5. The van der Waals surface area contributed by atoms with Crippen molar-refractivity contribution in [1.29, 1.82) is 0 Å². The van der Waals surface area contributed by atoms with E-state index in [4.69, 9.17) is 21.3 Å². The third-order valence-corrected chi connectivity index (χ3v) is 7.63. The molecule has 10 nitrogen and oxygen atoms in total. The maximum atomic E-state index is 16.7. The van der Waals surface area contributed by atoms with Crippen LogP contribution in [0.1, 0.15) is 27.2 Å². The number of hydrogen-bond donors (Lipinski definition) is 2. The summed E-state index contributed by atoms with van der Waals surface area (Å²) < 4.78 is 22.2. The predicted molar refractivity (Wildman–Crippen MR) is 171 cm³/mol. The van der Waals surface area contributed by atoms with Crippen LogP contribution in [0.3, 0.4) is 0 Å². The molecule has 1 aliphatic heterocycles. The van der Waals surface area contributed by atoms with Gasteiger partial charge in [0.25, 0.3) is 0 Å². The zero-order valence-corrected chi connectivity index (χ0v) is 26.2. The molecule has 2 N–H and O–H groups in total. The number of fused-ring (bicyclic) bond motifs is 2.